The average Bonchev–Trinajstić information content (AvgIpc) is 2.58. The number of amides is 1. The fourth-order valence-electron chi connectivity index (χ4n) is 1.95. The number of carbonyl (C=O) groups excluding carboxylic acids is 1. The van der Waals surface area contributed by atoms with E-state index in [4.69, 9.17) is 21.1 Å². The van der Waals surface area contributed by atoms with Crippen LogP contribution in [0.3, 0.4) is 0 Å². The van der Waals surface area contributed by atoms with Crippen molar-refractivity contribution in [1.29, 1.82) is 0 Å². The van der Waals surface area contributed by atoms with Crippen LogP contribution in [0.4, 0.5) is 11.6 Å². The molecule has 2 rings (SSSR count). The van der Waals surface area contributed by atoms with Gasteiger partial charge in [-0.2, -0.15) is 0 Å². The minimum absolute atomic E-state index is 0.236. The number of hydrogen-bond donors (Lipinski definition) is 2. The number of aryl methyl sites for hydroxylation is 1. The van der Waals surface area contributed by atoms with E-state index in [9.17, 15) is 4.79 Å². The van der Waals surface area contributed by atoms with E-state index in [1.54, 1.807) is 19.2 Å². The van der Waals surface area contributed by atoms with Crippen molar-refractivity contribution in [3.63, 3.8) is 0 Å². The van der Waals surface area contributed by atoms with Crippen molar-refractivity contribution in [3.05, 3.63) is 40.7 Å². The molecule has 0 radical (unpaired) electrons. The molecule has 1 aromatic carbocycles. The molecule has 0 aliphatic heterocycles. The maximum absolute atomic E-state index is 12.4. The van der Waals surface area contributed by atoms with E-state index < -0.39 is 0 Å². The Kier molecular flexibility index (Phi) is 6.34. The van der Waals surface area contributed by atoms with E-state index in [0.717, 1.165) is 5.56 Å². The lowest BCUT2D eigenvalue weighted by molar-refractivity contribution is 0.102. The van der Waals surface area contributed by atoms with Crippen molar-refractivity contribution in [2.24, 2.45) is 0 Å². The van der Waals surface area contributed by atoms with E-state index in [-0.39, 0.29) is 11.6 Å². The van der Waals surface area contributed by atoms with Crippen LogP contribution in [0.2, 0.25) is 5.02 Å². The first-order valence-corrected chi connectivity index (χ1v) is 7.64. The third-order valence-electron chi connectivity index (χ3n) is 3.21. The van der Waals surface area contributed by atoms with Crippen LogP contribution in [0.1, 0.15) is 16.1 Å². The van der Waals surface area contributed by atoms with Crippen LogP contribution in [0.25, 0.3) is 0 Å². The molecule has 1 heterocycles. The van der Waals surface area contributed by atoms with Crippen molar-refractivity contribution in [2.45, 2.75) is 6.92 Å². The molecule has 0 aliphatic rings. The molecule has 8 heteroatoms. The Morgan fingerprint density at radius 3 is 2.83 bits per heavy atom. The van der Waals surface area contributed by atoms with Gasteiger partial charge < -0.3 is 20.1 Å². The predicted octanol–water partition coefficient (Wildman–Crippen LogP) is 2.76. The van der Waals surface area contributed by atoms with Gasteiger partial charge in [0.2, 0.25) is 5.95 Å². The summed E-state index contributed by atoms with van der Waals surface area (Å²) in [5.41, 5.74) is 1.59. The molecule has 2 N–H and O–H groups in total. The summed E-state index contributed by atoms with van der Waals surface area (Å²) in [6.07, 6.45) is 1.52. The van der Waals surface area contributed by atoms with Crippen molar-refractivity contribution in [1.82, 2.24) is 9.97 Å². The highest BCUT2D eigenvalue weighted by Crippen LogP contribution is 2.31. The molecular formula is C16H19ClN4O3. The Balaban J connectivity index is 2.15. The molecule has 24 heavy (non-hydrogen) atoms. The van der Waals surface area contributed by atoms with Gasteiger partial charge in [-0.1, -0.05) is 11.6 Å². The topological polar surface area (TPSA) is 85.4 Å². The fraction of sp³-hybridized carbons (Fsp3) is 0.312. The normalized spacial score (nSPS) is 10.3. The molecule has 0 aliphatic carbocycles. The molecule has 0 atom stereocenters. The molecule has 128 valence electrons. The second-order valence-electron chi connectivity index (χ2n) is 4.94. The van der Waals surface area contributed by atoms with Gasteiger partial charge in [0.25, 0.3) is 5.91 Å². The largest absolute Gasteiger partial charge is 0.495 e. The Bertz CT molecular complexity index is 724. The van der Waals surface area contributed by atoms with Crippen molar-refractivity contribution in [2.75, 3.05) is 38.0 Å². The second-order valence-corrected chi connectivity index (χ2v) is 5.35. The number of rotatable bonds is 7. The second kappa shape index (κ2) is 8.47. The summed E-state index contributed by atoms with van der Waals surface area (Å²) in [5.74, 6) is 0.470. The molecular weight excluding hydrogens is 332 g/mol. The number of methoxy groups -OCH3 is 2. The van der Waals surface area contributed by atoms with E-state index in [0.29, 0.717) is 35.6 Å². The van der Waals surface area contributed by atoms with Gasteiger partial charge in [0.1, 0.15) is 11.4 Å². The minimum Gasteiger partial charge on any atom is -0.495 e. The summed E-state index contributed by atoms with van der Waals surface area (Å²) >= 11 is 6.07. The third kappa shape index (κ3) is 4.56. The van der Waals surface area contributed by atoms with E-state index in [2.05, 4.69) is 20.6 Å². The van der Waals surface area contributed by atoms with Crippen LogP contribution < -0.4 is 15.4 Å². The predicted molar refractivity (Wildman–Crippen MR) is 93.1 cm³/mol. The molecule has 0 spiro atoms. The number of ether oxygens (including phenoxy) is 2. The van der Waals surface area contributed by atoms with Crippen LogP contribution >= 0.6 is 11.6 Å². The summed E-state index contributed by atoms with van der Waals surface area (Å²) in [6.45, 7) is 2.91. The molecule has 0 saturated carbocycles. The van der Waals surface area contributed by atoms with Crippen molar-refractivity contribution in [3.8, 4) is 5.75 Å². The Hall–Kier alpha value is -2.38. The van der Waals surface area contributed by atoms with Crippen LogP contribution in [0.15, 0.2) is 24.4 Å². The molecule has 1 amide bonds. The lowest BCUT2D eigenvalue weighted by atomic mass is 10.2. The van der Waals surface area contributed by atoms with Gasteiger partial charge in [0.15, 0.2) is 0 Å². The number of carbonyl (C=O) groups is 1. The van der Waals surface area contributed by atoms with Gasteiger partial charge >= 0.3 is 0 Å². The van der Waals surface area contributed by atoms with Crippen LogP contribution in [0.5, 0.6) is 5.75 Å². The SMILES string of the molecule is COCCNc1nccc(C(=O)Nc2cc(C)c(Cl)cc2OC)n1. The highest BCUT2D eigenvalue weighted by atomic mass is 35.5. The number of anilines is 2. The quantitative estimate of drug-likeness (QED) is 0.747. The third-order valence-corrected chi connectivity index (χ3v) is 3.61. The zero-order chi connectivity index (χ0) is 17.5. The van der Waals surface area contributed by atoms with Crippen molar-refractivity contribution < 1.29 is 14.3 Å². The molecule has 7 nitrogen and oxygen atoms in total. The Morgan fingerprint density at radius 2 is 2.12 bits per heavy atom. The van der Waals surface area contributed by atoms with Crippen molar-refractivity contribution >= 4 is 29.1 Å². The Morgan fingerprint density at radius 1 is 1.33 bits per heavy atom. The molecule has 1 aromatic heterocycles. The van der Waals surface area contributed by atoms with E-state index in [1.807, 2.05) is 6.92 Å². The number of benzene rings is 1. The summed E-state index contributed by atoms with van der Waals surface area (Å²) < 4.78 is 10.2. The van der Waals surface area contributed by atoms with E-state index in [1.165, 1.54) is 19.4 Å². The van der Waals surface area contributed by atoms with Gasteiger partial charge in [-0.05, 0) is 24.6 Å². The number of halogens is 1. The summed E-state index contributed by atoms with van der Waals surface area (Å²) in [6, 6.07) is 4.94. The van der Waals surface area contributed by atoms with Crippen LogP contribution in [-0.4, -0.2) is 43.2 Å². The first-order valence-electron chi connectivity index (χ1n) is 7.26. The highest BCUT2D eigenvalue weighted by molar-refractivity contribution is 6.31. The zero-order valence-electron chi connectivity index (χ0n) is 13.7. The van der Waals surface area contributed by atoms with Crippen LogP contribution in [0, 0.1) is 6.92 Å². The molecule has 0 bridgehead atoms. The summed E-state index contributed by atoms with van der Waals surface area (Å²) in [4.78, 5) is 20.7. The number of aromatic nitrogens is 2. The number of nitrogens with one attached hydrogen (secondary N) is 2. The lowest BCUT2D eigenvalue weighted by Gasteiger charge is -2.12. The smallest absolute Gasteiger partial charge is 0.274 e. The lowest BCUT2D eigenvalue weighted by Crippen LogP contribution is -2.17. The Labute approximate surface area is 145 Å². The number of hydrogen-bond acceptors (Lipinski definition) is 6. The molecule has 0 fully saturated rings. The maximum Gasteiger partial charge on any atom is 0.274 e. The molecule has 0 saturated heterocycles. The standard InChI is InChI=1S/C16H19ClN4O3/c1-10-8-13(14(24-3)9-11(10)17)20-15(22)12-4-5-18-16(21-12)19-6-7-23-2/h4-5,8-9H,6-7H2,1-3H3,(H,20,22)(H,18,19,21). The van der Waals surface area contributed by atoms with Crippen LogP contribution in [-0.2, 0) is 4.74 Å². The van der Waals surface area contributed by atoms with Gasteiger partial charge in [0.05, 0.1) is 19.4 Å². The van der Waals surface area contributed by atoms with Gasteiger partial charge in [-0.25, -0.2) is 9.97 Å². The molecule has 2 aromatic rings. The first-order chi connectivity index (χ1) is 11.5. The maximum atomic E-state index is 12.4. The highest BCUT2D eigenvalue weighted by Gasteiger charge is 2.13. The van der Waals surface area contributed by atoms with Gasteiger partial charge in [-0.3, -0.25) is 4.79 Å². The number of nitrogens with zero attached hydrogens (tertiary/aromatic N) is 2. The summed E-state index contributed by atoms with van der Waals surface area (Å²) in [5, 5.41) is 6.32. The zero-order valence-corrected chi connectivity index (χ0v) is 14.5. The minimum atomic E-state index is -0.368. The monoisotopic (exact) mass is 350 g/mol. The van der Waals surface area contributed by atoms with E-state index >= 15 is 0 Å². The average molecular weight is 351 g/mol. The van der Waals surface area contributed by atoms with Gasteiger partial charge in [0, 0.05) is 30.9 Å². The van der Waals surface area contributed by atoms with Gasteiger partial charge in [-0.15, -0.1) is 0 Å². The molecule has 0 unspecified atom stereocenters. The summed E-state index contributed by atoms with van der Waals surface area (Å²) in [7, 11) is 3.12. The fourth-order valence-corrected chi connectivity index (χ4v) is 2.11. The first kappa shape index (κ1) is 18.0.